The van der Waals surface area contributed by atoms with E-state index in [1.807, 2.05) is 0 Å². The number of esters is 1. The van der Waals surface area contributed by atoms with Crippen LogP contribution in [0.4, 0.5) is 8.78 Å². The first-order chi connectivity index (χ1) is 10.0. The van der Waals surface area contributed by atoms with Gasteiger partial charge in [0.2, 0.25) is 0 Å². The largest absolute Gasteiger partial charge is 0.482 e. The molecule has 6 heteroatoms. The van der Waals surface area contributed by atoms with E-state index >= 15 is 0 Å². The molecule has 0 unspecified atom stereocenters. The zero-order valence-electron chi connectivity index (χ0n) is 12.2. The van der Waals surface area contributed by atoms with E-state index in [1.54, 1.807) is 0 Å². The lowest BCUT2D eigenvalue weighted by atomic mass is 10.1. The highest BCUT2D eigenvalue weighted by molar-refractivity contribution is 5.89. The molecule has 21 heavy (non-hydrogen) atoms. The van der Waals surface area contributed by atoms with E-state index in [-0.39, 0.29) is 11.7 Å². The molecule has 0 amide bonds. The summed E-state index contributed by atoms with van der Waals surface area (Å²) in [6, 6.07) is 1.86. The van der Waals surface area contributed by atoms with Crippen LogP contribution in [-0.2, 0) is 4.74 Å². The standard InChI is InChI=1S/C15H19F2NO3/c1-3-4-5-18-8-11(9-18)21-14-12(16)6-10(7-13(14)17)15(19)20-2/h6-7,11H,3-5,8-9H2,1-2H3. The van der Waals surface area contributed by atoms with E-state index in [9.17, 15) is 13.6 Å². The van der Waals surface area contributed by atoms with Gasteiger partial charge in [0.15, 0.2) is 17.4 Å². The van der Waals surface area contributed by atoms with Crippen molar-refractivity contribution in [2.24, 2.45) is 0 Å². The number of likely N-dealkylation sites (tertiary alicyclic amines) is 1. The minimum absolute atomic E-state index is 0.168. The third-order valence-corrected chi connectivity index (χ3v) is 3.46. The molecule has 4 nitrogen and oxygen atoms in total. The summed E-state index contributed by atoms with van der Waals surface area (Å²) < 4.78 is 37.5. The Kier molecular flexibility index (Phi) is 5.12. The molecule has 1 aromatic carbocycles. The average Bonchev–Trinajstić information content (AvgIpc) is 2.42. The van der Waals surface area contributed by atoms with Crippen molar-refractivity contribution in [3.8, 4) is 5.75 Å². The molecule has 1 aromatic rings. The van der Waals surface area contributed by atoms with Gasteiger partial charge in [-0.2, -0.15) is 0 Å². The zero-order chi connectivity index (χ0) is 15.4. The number of unbranched alkanes of at least 4 members (excludes halogenated alkanes) is 1. The maximum absolute atomic E-state index is 13.8. The van der Waals surface area contributed by atoms with Crippen molar-refractivity contribution in [3.05, 3.63) is 29.3 Å². The summed E-state index contributed by atoms with van der Waals surface area (Å²) in [5.74, 6) is -2.98. The van der Waals surface area contributed by atoms with Gasteiger partial charge in [-0.05, 0) is 25.1 Å². The minimum Gasteiger partial charge on any atom is -0.482 e. The van der Waals surface area contributed by atoms with Crippen LogP contribution in [0.2, 0.25) is 0 Å². The summed E-state index contributed by atoms with van der Waals surface area (Å²) in [5.41, 5.74) is -0.168. The van der Waals surface area contributed by atoms with Crippen molar-refractivity contribution in [1.29, 1.82) is 0 Å². The highest BCUT2D eigenvalue weighted by Gasteiger charge is 2.30. The molecule has 0 bridgehead atoms. The number of hydrogen-bond donors (Lipinski definition) is 0. The van der Waals surface area contributed by atoms with E-state index in [0.717, 1.165) is 38.6 Å². The fourth-order valence-corrected chi connectivity index (χ4v) is 2.24. The first kappa shape index (κ1) is 15.7. The molecular formula is C15H19F2NO3. The Labute approximate surface area is 122 Å². The Bertz CT molecular complexity index is 493. The number of hydrogen-bond acceptors (Lipinski definition) is 4. The van der Waals surface area contributed by atoms with Gasteiger partial charge < -0.3 is 9.47 Å². The summed E-state index contributed by atoms with van der Waals surface area (Å²) in [7, 11) is 1.15. The number of carbonyl (C=O) groups is 1. The van der Waals surface area contributed by atoms with Gasteiger partial charge in [0.25, 0.3) is 0 Å². The SMILES string of the molecule is CCCCN1CC(Oc2c(F)cc(C(=O)OC)cc2F)C1. The zero-order valence-corrected chi connectivity index (χ0v) is 12.2. The van der Waals surface area contributed by atoms with Crippen molar-refractivity contribution in [1.82, 2.24) is 4.90 Å². The summed E-state index contributed by atoms with van der Waals surface area (Å²) in [5, 5.41) is 0. The molecule has 0 radical (unpaired) electrons. The molecule has 1 fully saturated rings. The molecule has 1 heterocycles. The number of nitrogens with zero attached hydrogens (tertiary/aromatic N) is 1. The molecule has 2 rings (SSSR count). The van der Waals surface area contributed by atoms with E-state index in [2.05, 4.69) is 16.6 Å². The number of halogens is 2. The summed E-state index contributed by atoms with van der Waals surface area (Å²) >= 11 is 0. The topological polar surface area (TPSA) is 38.8 Å². The van der Waals surface area contributed by atoms with E-state index in [0.29, 0.717) is 13.1 Å². The predicted molar refractivity (Wildman–Crippen MR) is 73.5 cm³/mol. The van der Waals surface area contributed by atoms with E-state index in [1.165, 1.54) is 0 Å². The van der Waals surface area contributed by atoms with Crippen LogP contribution in [-0.4, -0.2) is 43.7 Å². The lowest BCUT2D eigenvalue weighted by Gasteiger charge is -2.39. The van der Waals surface area contributed by atoms with Crippen molar-refractivity contribution < 1.29 is 23.0 Å². The highest BCUT2D eigenvalue weighted by atomic mass is 19.1. The van der Waals surface area contributed by atoms with Crippen LogP contribution in [0.15, 0.2) is 12.1 Å². The number of ether oxygens (including phenoxy) is 2. The van der Waals surface area contributed by atoms with Crippen molar-refractivity contribution in [3.63, 3.8) is 0 Å². The smallest absolute Gasteiger partial charge is 0.338 e. The fourth-order valence-electron chi connectivity index (χ4n) is 2.24. The van der Waals surface area contributed by atoms with Gasteiger partial charge in [-0.25, -0.2) is 13.6 Å². The Hall–Kier alpha value is -1.69. The van der Waals surface area contributed by atoms with Gasteiger partial charge in [0.05, 0.1) is 12.7 Å². The predicted octanol–water partition coefficient (Wildman–Crippen LogP) is 2.61. The van der Waals surface area contributed by atoms with Gasteiger partial charge in [-0.1, -0.05) is 13.3 Å². The molecule has 0 spiro atoms. The second-order valence-corrected chi connectivity index (χ2v) is 5.11. The van der Waals surface area contributed by atoms with Crippen molar-refractivity contribution in [2.75, 3.05) is 26.7 Å². The fraction of sp³-hybridized carbons (Fsp3) is 0.533. The average molecular weight is 299 g/mol. The first-order valence-corrected chi connectivity index (χ1v) is 7.01. The third kappa shape index (κ3) is 3.69. The van der Waals surface area contributed by atoms with Gasteiger partial charge in [-0.15, -0.1) is 0 Å². The third-order valence-electron chi connectivity index (χ3n) is 3.46. The molecule has 0 aliphatic carbocycles. The van der Waals surface area contributed by atoms with Crippen molar-refractivity contribution in [2.45, 2.75) is 25.9 Å². The van der Waals surface area contributed by atoms with Gasteiger partial charge in [0, 0.05) is 13.1 Å². The van der Waals surface area contributed by atoms with E-state index < -0.39 is 23.4 Å². The minimum atomic E-state index is -0.887. The van der Waals surface area contributed by atoms with Crippen LogP contribution in [0.25, 0.3) is 0 Å². The lowest BCUT2D eigenvalue weighted by Crippen LogP contribution is -2.54. The molecule has 0 N–H and O–H groups in total. The monoisotopic (exact) mass is 299 g/mol. The van der Waals surface area contributed by atoms with E-state index in [4.69, 9.17) is 4.74 Å². The maximum atomic E-state index is 13.8. The number of rotatable bonds is 6. The Morgan fingerprint density at radius 3 is 2.48 bits per heavy atom. The summed E-state index contributed by atoms with van der Waals surface area (Å²) in [4.78, 5) is 13.4. The molecular weight excluding hydrogens is 280 g/mol. The van der Waals surface area contributed by atoms with Gasteiger partial charge in [0.1, 0.15) is 6.10 Å². The second-order valence-electron chi connectivity index (χ2n) is 5.11. The normalized spacial score (nSPS) is 15.6. The van der Waals surface area contributed by atoms with Crippen LogP contribution in [0.5, 0.6) is 5.75 Å². The number of methoxy groups -OCH3 is 1. The molecule has 0 aromatic heterocycles. The van der Waals surface area contributed by atoms with Gasteiger partial charge in [-0.3, -0.25) is 4.90 Å². The summed E-state index contributed by atoms with van der Waals surface area (Å²) in [6.45, 7) is 4.42. The van der Waals surface area contributed by atoms with Crippen LogP contribution >= 0.6 is 0 Å². The van der Waals surface area contributed by atoms with Crippen LogP contribution in [0, 0.1) is 11.6 Å². The van der Waals surface area contributed by atoms with Crippen molar-refractivity contribution >= 4 is 5.97 Å². The molecule has 116 valence electrons. The molecule has 0 atom stereocenters. The summed E-state index contributed by atoms with van der Waals surface area (Å²) in [6.07, 6.45) is 2.00. The maximum Gasteiger partial charge on any atom is 0.338 e. The second kappa shape index (κ2) is 6.85. The number of benzene rings is 1. The Morgan fingerprint density at radius 1 is 1.33 bits per heavy atom. The van der Waals surface area contributed by atoms with Crippen LogP contribution in [0.3, 0.4) is 0 Å². The van der Waals surface area contributed by atoms with Crippen LogP contribution < -0.4 is 4.74 Å². The Balaban J connectivity index is 1.97. The highest BCUT2D eigenvalue weighted by Crippen LogP contribution is 2.26. The lowest BCUT2D eigenvalue weighted by molar-refractivity contribution is 0.0145. The van der Waals surface area contributed by atoms with Gasteiger partial charge >= 0.3 is 5.97 Å². The molecule has 1 saturated heterocycles. The molecule has 0 saturated carbocycles. The molecule has 1 aliphatic heterocycles. The Morgan fingerprint density at radius 2 is 1.95 bits per heavy atom. The quantitative estimate of drug-likeness (QED) is 0.757. The molecule has 1 aliphatic rings. The van der Waals surface area contributed by atoms with Crippen LogP contribution in [0.1, 0.15) is 30.1 Å². The first-order valence-electron chi connectivity index (χ1n) is 7.01. The number of carbonyl (C=O) groups excluding carboxylic acids is 1.